The predicted octanol–water partition coefficient (Wildman–Crippen LogP) is 3.38. The van der Waals surface area contributed by atoms with E-state index in [0.29, 0.717) is 31.8 Å². The Morgan fingerprint density at radius 2 is 2.03 bits per heavy atom. The normalized spacial score (nSPS) is 13.7. The number of aryl methyl sites for hydroxylation is 1. The molecule has 0 saturated heterocycles. The number of amides is 1. The number of aromatic nitrogens is 3. The highest BCUT2D eigenvalue weighted by atomic mass is 16.5. The van der Waals surface area contributed by atoms with E-state index >= 15 is 0 Å². The van der Waals surface area contributed by atoms with Gasteiger partial charge < -0.3 is 19.1 Å². The SMILES string of the molecule is CCN(CC)CCC(=O)N1CCc2c(ncnc2Oc2ccc3c(ccn3C)c2)C1. The van der Waals surface area contributed by atoms with Gasteiger partial charge in [-0.1, -0.05) is 13.8 Å². The van der Waals surface area contributed by atoms with Crippen molar-refractivity contribution in [2.45, 2.75) is 33.2 Å². The average molecular weight is 408 g/mol. The Kier molecular flexibility index (Phi) is 5.99. The lowest BCUT2D eigenvalue weighted by Crippen LogP contribution is -2.38. The van der Waals surface area contributed by atoms with Crippen molar-refractivity contribution in [1.29, 1.82) is 0 Å². The molecule has 1 aromatic carbocycles. The van der Waals surface area contributed by atoms with E-state index in [2.05, 4.69) is 45.4 Å². The summed E-state index contributed by atoms with van der Waals surface area (Å²) in [7, 11) is 2.03. The van der Waals surface area contributed by atoms with Gasteiger partial charge in [-0.15, -0.1) is 0 Å². The van der Waals surface area contributed by atoms with E-state index in [0.717, 1.165) is 47.5 Å². The molecule has 0 bridgehead atoms. The van der Waals surface area contributed by atoms with Gasteiger partial charge in [-0.05, 0) is 43.8 Å². The number of hydrogen-bond acceptors (Lipinski definition) is 5. The fraction of sp³-hybridized carbons (Fsp3) is 0.435. The van der Waals surface area contributed by atoms with Crippen LogP contribution >= 0.6 is 0 Å². The van der Waals surface area contributed by atoms with E-state index in [1.165, 1.54) is 6.33 Å². The quantitative estimate of drug-likeness (QED) is 0.601. The van der Waals surface area contributed by atoms with Crippen LogP contribution in [0.2, 0.25) is 0 Å². The van der Waals surface area contributed by atoms with Gasteiger partial charge in [-0.2, -0.15) is 0 Å². The van der Waals surface area contributed by atoms with Gasteiger partial charge in [0.1, 0.15) is 12.1 Å². The van der Waals surface area contributed by atoms with E-state index in [4.69, 9.17) is 4.74 Å². The van der Waals surface area contributed by atoms with Gasteiger partial charge in [0, 0.05) is 49.2 Å². The Morgan fingerprint density at radius 3 is 2.83 bits per heavy atom. The fourth-order valence-corrected chi connectivity index (χ4v) is 4.01. The van der Waals surface area contributed by atoms with Crippen LogP contribution < -0.4 is 4.74 Å². The first-order valence-electron chi connectivity index (χ1n) is 10.6. The molecule has 7 nitrogen and oxygen atoms in total. The first-order chi connectivity index (χ1) is 14.6. The summed E-state index contributed by atoms with van der Waals surface area (Å²) < 4.78 is 8.21. The molecule has 30 heavy (non-hydrogen) atoms. The molecule has 0 unspecified atom stereocenters. The van der Waals surface area contributed by atoms with Crippen molar-refractivity contribution in [2.75, 3.05) is 26.2 Å². The van der Waals surface area contributed by atoms with Crippen LogP contribution in [0, 0.1) is 0 Å². The zero-order valence-corrected chi connectivity index (χ0v) is 18.0. The maximum atomic E-state index is 12.7. The molecule has 1 aliphatic heterocycles. The molecule has 7 heteroatoms. The second-order valence-corrected chi connectivity index (χ2v) is 7.70. The van der Waals surface area contributed by atoms with Crippen LogP contribution in [-0.4, -0.2) is 56.4 Å². The van der Waals surface area contributed by atoms with Crippen molar-refractivity contribution in [3.63, 3.8) is 0 Å². The third-order valence-corrected chi connectivity index (χ3v) is 5.93. The molecule has 2 aromatic heterocycles. The van der Waals surface area contributed by atoms with Gasteiger partial charge in [0.15, 0.2) is 0 Å². The average Bonchev–Trinajstić information content (AvgIpc) is 3.14. The summed E-state index contributed by atoms with van der Waals surface area (Å²) in [6.45, 7) is 8.17. The monoisotopic (exact) mass is 407 g/mol. The van der Waals surface area contributed by atoms with Crippen LogP contribution in [0.1, 0.15) is 31.5 Å². The molecule has 158 valence electrons. The summed E-state index contributed by atoms with van der Waals surface area (Å²) in [6.07, 6.45) is 4.81. The molecule has 3 heterocycles. The molecule has 0 atom stereocenters. The Hall–Kier alpha value is -2.93. The molecular weight excluding hydrogens is 378 g/mol. The minimum absolute atomic E-state index is 0.183. The van der Waals surface area contributed by atoms with Gasteiger partial charge in [-0.3, -0.25) is 4.79 Å². The Bertz CT molecular complexity index is 1040. The Labute approximate surface area is 177 Å². The van der Waals surface area contributed by atoms with E-state index < -0.39 is 0 Å². The number of carbonyl (C=O) groups is 1. The highest BCUT2D eigenvalue weighted by Gasteiger charge is 2.25. The number of hydrogen-bond donors (Lipinski definition) is 0. The maximum absolute atomic E-state index is 12.7. The summed E-state index contributed by atoms with van der Waals surface area (Å²) in [5.74, 6) is 1.53. The molecule has 4 rings (SSSR count). The van der Waals surface area contributed by atoms with Crippen molar-refractivity contribution < 1.29 is 9.53 Å². The van der Waals surface area contributed by atoms with Gasteiger partial charge in [-0.25, -0.2) is 9.97 Å². The van der Waals surface area contributed by atoms with Crippen molar-refractivity contribution in [1.82, 2.24) is 24.3 Å². The lowest BCUT2D eigenvalue weighted by Gasteiger charge is -2.29. The number of fused-ring (bicyclic) bond motifs is 2. The molecule has 0 radical (unpaired) electrons. The van der Waals surface area contributed by atoms with Crippen LogP contribution in [0.25, 0.3) is 10.9 Å². The second-order valence-electron chi connectivity index (χ2n) is 7.70. The first-order valence-corrected chi connectivity index (χ1v) is 10.6. The maximum Gasteiger partial charge on any atom is 0.225 e. The van der Waals surface area contributed by atoms with Crippen molar-refractivity contribution in [3.8, 4) is 11.6 Å². The third-order valence-electron chi connectivity index (χ3n) is 5.93. The van der Waals surface area contributed by atoms with E-state index in [-0.39, 0.29) is 5.91 Å². The van der Waals surface area contributed by atoms with Crippen LogP contribution in [0.4, 0.5) is 0 Å². The third kappa shape index (κ3) is 4.16. The summed E-state index contributed by atoms with van der Waals surface area (Å²) in [5, 5.41) is 1.13. The molecule has 0 spiro atoms. The van der Waals surface area contributed by atoms with E-state index in [1.54, 1.807) is 0 Å². The smallest absolute Gasteiger partial charge is 0.225 e. The highest BCUT2D eigenvalue weighted by Crippen LogP contribution is 2.30. The van der Waals surface area contributed by atoms with Gasteiger partial charge in [0.25, 0.3) is 0 Å². The molecule has 3 aromatic rings. The molecule has 0 saturated carbocycles. The standard InChI is InChI=1S/C23H29N5O2/c1-4-27(5-2)12-10-22(29)28-13-9-19-20(15-28)24-16-25-23(19)30-18-6-7-21-17(14-18)8-11-26(21)3/h6-8,11,14,16H,4-5,9-10,12-13,15H2,1-3H3. The van der Waals surface area contributed by atoms with Crippen LogP contribution in [0.15, 0.2) is 36.8 Å². The Balaban J connectivity index is 1.46. The number of rotatable bonds is 7. The predicted molar refractivity (Wildman–Crippen MR) is 117 cm³/mol. The number of carbonyl (C=O) groups excluding carboxylic acids is 1. The van der Waals surface area contributed by atoms with Crippen LogP contribution in [0.3, 0.4) is 0 Å². The number of ether oxygens (including phenoxy) is 1. The largest absolute Gasteiger partial charge is 0.439 e. The fourth-order valence-electron chi connectivity index (χ4n) is 4.01. The minimum Gasteiger partial charge on any atom is -0.439 e. The van der Waals surface area contributed by atoms with Crippen LogP contribution in [-0.2, 0) is 24.8 Å². The molecule has 0 fully saturated rings. The number of benzene rings is 1. The molecular formula is C23H29N5O2. The van der Waals surface area contributed by atoms with Gasteiger partial charge in [0.05, 0.1) is 12.2 Å². The van der Waals surface area contributed by atoms with Crippen LogP contribution in [0.5, 0.6) is 11.6 Å². The first kappa shape index (κ1) is 20.3. The highest BCUT2D eigenvalue weighted by molar-refractivity contribution is 5.81. The lowest BCUT2D eigenvalue weighted by atomic mass is 10.1. The zero-order chi connectivity index (χ0) is 21.1. The summed E-state index contributed by atoms with van der Waals surface area (Å²) >= 11 is 0. The van der Waals surface area contributed by atoms with E-state index in [9.17, 15) is 4.79 Å². The molecule has 1 amide bonds. The second kappa shape index (κ2) is 8.83. The molecule has 0 N–H and O–H groups in total. The topological polar surface area (TPSA) is 63.5 Å². The van der Waals surface area contributed by atoms with Crippen molar-refractivity contribution in [3.05, 3.63) is 48.0 Å². The Morgan fingerprint density at radius 1 is 1.20 bits per heavy atom. The van der Waals surface area contributed by atoms with Gasteiger partial charge in [0.2, 0.25) is 11.8 Å². The summed E-state index contributed by atoms with van der Waals surface area (Å²) in [5.41, 5.74) is 3.03. The molecule has 1 aliphatic rings. The summed E-state index contributed by atoms with van der Waals surface area (Å²) in [4.78, 5) is 25.7. The minimum atomic E-state index is 0.183. The summed E-state index contributed by atoms with van der Waals surface area (Å²) in [6, 6.07) is 8.10. The molecule has 0 aliphatic carbocycles. The number of nitrogens with zero attached hydrogens (tertiary/aromatic N) is 5. The van der Waals surface area contributed by atoms with Crippen molar-refractivity contribution >= 4 is 16.8 Å². The van der Waals surface area contributed by atoms with E-state index in [1.807, 2.05) is 30.3 Å². The van der Waals surface area contributed by atoms with Crippen molar-refractivity contribution in [2.24, 2.45) is 7.05 Å². The van der Waals surface area contributed by atoms with Gasteiger partial charge >= 0.3 is 0 Å². The zero-order valence-electron chi connectivity index (χ0n) is 18.0. The lowest BCUT2D eigenvalue weighted by molar-refractivity contribution is -0.132.